The molecule has 3 rings (SSSR count). The van der Waals surface area contributed by atoms with Crippen molar-refractivity contribution in [1.29, 1.82) is 0 Å². The molecular formula is C18H21BrS. The Kier molecular flexibility index (Phi) is 4.32. The minimum atomic E-state index is 0.296. The van der Waals surface area contributed by atoms with Gasteiger partial charge in [-0.05, 0) is 55.4 Å². The van der Waals surface area contributed by atoms with Gasteiger partial charge in [0.05, 0.1) is 0 Å². The molecule has 1 heterocycles. The van der Waals surface area contributed by atoms with Crippen LogP contribution in [0.4, 0.5) is 0 Å². The van der Waals surface area contributed by atoms with Gasteiger partial charge in [0.2, 0.25) is 0 Å². The molecule has 2 aromatic rings. The Bertz CT molecular complexity index is 587. The molecule has 0 saturated carbocycles. The third kappa shape index (κ3) is 2.60. The molecule has 1 atom stereocenters. The lowest BCUT2D eigenvalue weighted by Gasteiger charge is -2.38. The van der Waals surface area contributed by atoms with Gasteiger partial charge in [0.25, 0.3) is 0 Å². The van der Waals surface area contributed by atoms with Gasteiger partial charge < -0.3 is 0 Å². The Hall–Kier alpha value is -0.600. The second kappa shape index (κ2) is 6.03. The van der Waals surface area contributed by atoms with Crippen LogP contribution >= 0.6 is 27.3 Å². The van der Waals surface area contributed by atoms with Gasteiger partial charge in [-0.25, -0.2) is 0 Å². The van der Waals surface area contributed by atoms with E-state index < -0.39 is 0 Å². The number of aryl methyl sites for hydroxylation is 2. The molecule has 0 fully saturated rings. The number of benzene rings is 1. The maximum Gasteiger partial charge on any atom is 0.0132 e. The molecule has 106 valence electrons. The summed E-state index contributed by atoms with van der Waals surface area (Å²) < 4.78 is 0. The fourth-order valence-corrected chi connectivity index (χ4v) is 5.30. The third-order valence-corrected chi connectivity index (χ3v) is 6.83. The van der Waals surface area contributed by atoms with Crippen molar-refractivity contribution in [3.63, 3.8) is 0 Å². The highest BCUT2D eigenvalue weighted by Gasteiger charge is 2.35. The third-order valence-electron chi connectivity index (χ3n) is 4.52. The molecule has 0 amide bonds. The van der Waals surface area contributed by atoms with Crippen LogP contribution < -0.4 is 0 Å². The van der Waals surface area contributed by atoms with Gasteiger partial charge >= 0.3 is 0 Å². The predicted octanol–water partition coefficient (Wildman–Crippen LogP) is 5.52. The molecule has 1 aromatic heterocycles. The van der Waals surface area contributed by atoms with Crippen molar-refractivity contribution < 1.29 is 0 Å². The van der Waals surface area contributed by atoms with Crippen LogP contribution in [-0.2, 0) is 24.7 Å². The van der Waals surface area contributed by atoms with E-state index in [9.17, 15) is 0 Å². The van der Waals surface area contributed by atoms with E-state index in [2.05, 4.69) is 59.3 Å². The first-order valence-corrected chi connectivity index (χ1v) is 9.43. The standard InChI is InChI=1S/C18H21BrS/c1-2-15-9-10-16(20-15)12-18(13-19)11-5-7-14-6-3-4-8-17(14)18/h3-4,6,8-10H,2,5,7,11-13H2,1H3. The Labute approximate surface area is 134 Å². The van der Waals surface area contributed by atoms with E-state index in [4.69, 9.17) is 0 Å². The number of halogens is 1. The summed E-state index contributed by atoms with van der Waals surface area (Å²) in [5, 5.41) is 1.07. The number of thiophene rings is 1. The largest absolute Gasteiger partial charge is 0.145 e. The molecule has 0 radical (unpaired) electrons. The lowest BCUT2D eigenvalue weighted by atomic mass is 9.69. The second-order valence-corrected chi connectivity index (χ2v) is 7.64. The zero-order valence-electron chi connectivity index (χ0n) is 12.0. The van der Waals surface area contributed by atoms with E-state index in [1.54, 1.807) is 11.1 Å². The summed E-state index contributed by atoms with van der Waals surface area (Å²) >= 11 is 5.82. The predicted molar refractivity (Wildman–Crippen MR) is 92.3 cm³/mol. The first-order chi connectivity index (χ1) is 9.77. The molecule has 0 spiro atoms. The van der Waals surface area contributed by atoms with Gasteiger partial charge in [0.1, 0.15) is 0 Å². The molecule has 0 bridgehead atoms. The van der Waals surface area contributed by atoms with Crippen LogP contribution in [0.2, 0.25) is 0 Å². The Morgan fingerprint density at radius 2 is 1.95 bits per heavy atom. The van der Waals surface area contributed by atoms with Crippen molar-refractivity contribution in [3.8, 4) is 0 Å². The minimum absolute atomic E-state index is 0.296. The summed E-state index contributed by atoms with van der Waals surface area (Å²) in [4.78, 5) is 3.05. The van der Waals surface area contributed by atoms with E-state index >= 15 is 0 Å². The monoisotopic (exact) mass is 348 g/mol. The fourth-order valence-electron chi connectivity index (χ4n) is 3.42. The summed E-state index contributed by atoms with van der Waals surface area (Å²) in [6.45, 7) is 2.24. The maximum absolute atomic E-state index is 3.82. The van der Waals surface area contributed by atoms with Gasteiger partial charge in [0, 0.05) is 20.5 Å². The Balaban J connectivity index is 1.96. The zero-order valence-corrected chi connectivity index (χ0v) is 14.4. The highest BCUT2D eigenvalue weighted by molar-refractivity contribution is 9.09. The average Bonchev–Trinajstić information content (AvgIpc) is 2.95. The smallest absolute Gasteiger partial charge is 0.0132 e. The van der Waals surface area contributed by atoms with Crippen LogP contribution in [0.25, 0.3) is 0 Å². The molecule has 0 N–H and O–H groups in total. The van der Waals surface area contributed by atoms with E-state index in [1.807, 2.05) is 11.3 Å². The van der Waals surface area contributed by atoms with Crippen molar-refractivity contribution in [2.24, 2.45) is 0 Å². The molecule has 1 unspecified atom stereocenters. The molecule has 0 nitrogen and oxygen atoms in total. The van der Waals surface area contributed by atoms with Gasteiger partial charge in [-0.1, -0.05) is 47.1 Å². The fraction of sp³-hybridized carbons (Fsp3) is 0.444. The van der Waals surface area contributed by atoms with Gasteiger partial charge in [-0.15, -0.1) is 11.3 Å². The van der Waals surface area contributed by atoms with Gasteiger partial charge in [-0.2, -0.15) is 0 Å². The molecule has 0 saturated heterocycles. The lowest BCUT2D eigenvalue weighted by Crippen LogP contribution is -2.34. The lowest BCUT2D eigenvalue weighted by molar-refractivity contribution is 0.404. The number of hydrogen-bond acceptors (Lipinski definition) is 1. The van der Waals surface area contributed by atoms with Crippen LogP contribution in [0.5, 0.6) is 0 Å². The number of fused-ring (bicyclic) bond motifs is 1. The molecular weight excluding hydrogens is 328 g/mol. The summed E-state index contributed by atoms with van der Waals surface area (Å²) in [5.41, 5.74) is 3.44. The molecule has 1 aliphatic carbocycles. The number of hydrogen-bond donors (Lipinski definition) is 0. The van der Waals surface area contributed by atoms with Crippen LogP contribution in [0, 0.1) is 0 Å². The topological polar surface area (TPSA) is 0 Å². The van der Waals surface area contributed by atoms with E-state index in [1.165, 1.54) is 35.4 Å². The summed E-state index contributed by atoms with van der Waals surface area (Å²) in [7, 11) is 0. The van der Waals surface area contributed by atoms with Crippen molar-refractivity contribution in [3.05, 3.63) is 57.3 Å². The zero-order chi connectivity index (χ0) is 14.0. The first kappa shape index (κ1) is 14.3. The highest BCUT2D eigenvalue weighted by atomic mass is 79.9. The van der Waals surface area contributed by atoms with Crippen molar-refractivity contribution in [2.45, 2.75) is 44.4 Å². The summed E-state index contributed by atoms with van der Waals surface area (Å²) in [6, 6.07) is 13.7. The van der Waals surface area contributed by atoms with Crippen molar-refractivity contribution >= 4 is 27.3 Å². The Morgan fingerprint density at radius 1 is 1.15 bits per heavy atom. The normalized spacial score (nSPS) is 21.7. The highest BCUT2D eigenvalue weighted by Crippen LogP contribution is 2.42. The molecule has 1 aromatic carbocycles. The SMILES string of the molecule is CCc1ccc(CC2(CBr)CCCc3ccccc32)s1. The van der Waals surface area contributed by atoms with Gasteiger partial charge in [0.15, 0.2) is 0 Å². The van der Waals surface area contributed by atoms with Crippen LogP contribution in [-0.4, -0.2) is 5.33 Å². The van der Waals surface area contributed by atoms with E-state index in [0.29, 0.717) is 5.41 Å². The van der Waals surface area contributed by atoms with Crippen molar-refractivity contribution in [1.82, 2.24) is 0 Å². The van der Waals surface area contributed by atoms with Crippen LogP contribution in [0.1, 0.15) is 40.6 Å². The van der Waals surface area contributed by atoms with Crippen LogP contribution in [0.15, 0.2) is 36.4 Å². The average molecular weight is 349 g/mol. The summed E-state index contributed by atoms with van der Waals surface area (Å²) in [5.74, 6) is 0. The molecule has 0 aliphatic heterocycles. The molecule has 1 aliphatic rings. The van der Waals surface area contributed by atoms with Gasteiger partial charge in [-0.3, -0.25) is 0 Å². The number of rotatable bonds is 4. The maximum atomic E-state index is 3.82. The van der Waals surface area contributed by atoms with E-state index in [-0.39, 0.29) is 0 Å². The second-order valence-electron chi connectivity index (χ2n) is 5.82. The first-order valence-electron chi connectivity index (χ1n) is 7.49. The van der Waals surface area contributed by atoms with E-state index in [0.717, 1.165) is 11.8 Å². The van der Waals surface area contributed by atoms with Crippen molar-refractivity contribution in [2.75, 3.05) is 5.33 Å². The number of alkyl halides is 1. The molecule has 20 heavy (non-hydrogen) atoms. The Morgan fingerprint density at radius 3 is 2.70 bits per heavy atom. The quantitative estimate of drug-likeness (QED) is 0.638. The van der Waals surface area contributed by atoms with Crippen LogP contribution in [0.3, 0.4) is 0 Å². The summed E-state index contributed by atoms with van der Waals surface area (Å²) in [6.07, 6.45) is 6.20. The molecule has 2 heteroatoms. The minimum Gasteiger partial charge on any atom is -0.145 e.